The van der Waals surface area contributed by atoms with E-state index in [0.29, 0.717) is 6.54 Å². The molecule has 1 unspecified atom stereocenters. The summed E-state index contributed by atoms with van der Waals surface area (Å²) < 4.78 is 5.27. The fraction of sp³-hybridized carbons (Fsp3) is 0.417. The van der Waals surface area contributed by atoms with E-state index < -0.39 is 0 Å². The van der Waals surface area contributed by atoms with Gasteiger partial charge in [0.1, 0.15) is 5.75 Å². The molecule has 0 bridgehead atoms. The first-order valence-electron chi connectivity index (χ1n) is 5.27. The second-order valence-electron chi connectivity index (χ2n) is 3.83. The van der Waals surface area contributed by atoms with Crippen LogP contribution in [0.25, 0.3) is 0 Å². The van der Waals surface area contributed by atoms with Gasteiger partial charge < -0.3 is 9.64 Å². The number of alkyl halides is 1. The van der Waals surface area contributed by atoms with Crippen molar-refractivity contribution >= 4 is 21.8 Å². The Hall–Kier alpha value is -1.03. The van der Waals surface area contributed by atoms with Gasteiger partial charge in [-0.2, -0.15) is 0 Å². The molecule has 0 aromatic heterocycles. The maximum absolute atomic E-state index is 11.7. The van der Waals surface area contributed by atoms with Crippen molar-refractivity contribution in [3.8, 4) is 5.75 Å². The molecule has 1 aliphatic rings. The molecule has 0 N–H and O–H groups in total. The van der Waals surface area contributed by atoms with Gasteiger partial charge in [0.2, 0.25) is 5.91 Å². The number of likely N-dealkylation sites (tertiary alicyclic amines) is 1. The first-order valence-corrected chi connectivity index (χ1v) is 6.18. The highest BCUT2D eigenvalue weighted by molar-refractivity contribution is 9.10. The van der Waals surface area contributed by atoms with Gasteiger partial charge >= 0.3 is 0 Å². The summed E-state index contributed by atoms with van der Waals surface area (Å²) in [6.45, 7) is 1.44. The normalized spacial score (nSPS) is 20.2. The zero-order chi connectivity index (χ0) is 11.5. The van der Waals surface area contributed by atoms with Gasteiger partial charge in [-0.25, -0.2) is 0 Å². The predicted molar refractivity (Wildman–Crippen MR) is 65.7 cm³/mol. The maximum Gasteiger partial charge on any atom is 0.236 e. The van der Waals surface area contributed by atoms with E-state index in [-0.39, 0.29) is 10.7 Å². The molecule has 3 nitrogen and oxygen atoms in total. The highest BCUT2D eigenvalue weighted by Crippen LogP contribution is 2.24. The number of benzene rings is 1. The lowest BCUT2D eigenvalue weighted by molar-refractivity contribution is -0.127. The van der Waals surface area contributed by atoms with Crippen LogP contribution in [0.5, 0.6) is 5.75 Å². The largest absolute Gasteiger partial charge is 0.496 e. The maximum atomic E-state index is 11.7. The van der Waals surface area contributed by atoms with Crippen LogP contribution in [0.3, 0.4) is 0 Å². The van der Waals surface area contributed by atoms with Crippen molar-refractivity contribution in [3.63, 3.8) is 0 Å². The molecule has 1 heterocycles. The number of carbonyl (C=O) groups excluding carboxylic acids is 1. The molecular formula is C12H14BrNO2. The van der Waals surface area contributed by atoms with Gasteiger partial charge in [-0.1, -0.05) is 34.1 Å². The number of ether oxygens (including phenoxy) is 1. The molecule has 0 aliphatic carbocycles. The van der Waals surface area contributed by atoms with Crippen molar-refractivity contribution in [2.75, 3.05) is 13.7 Å². The summed E-state index contributed by atoms with van der Waals surface area (Å²) >= 11 is 3.37. The van der Waals surface area contributed by atoms with Crippen molar-refractivity contribution in [3.05, 3.63) is 29.8 Å². The van der Waals surface area contributed by atoms with Gasteiger partial charge in [0.15, 0.2) is 0 Å². The Morgan fingerprint density at radius 2 is 2.25 bits per heavy atom. The van der Waals surface area contributed by atoms with Crippen LogP contribution in [0.15, 0.2) is 24.3 Å². The summed E-state index contributed by atoms with van der Waals surface area (Å²) in [4.78, 5) is 13.6. The second kappa shape index (κ2) is 4.87. The van der Waals surface area contributed by atoms with Gasteiger partial charge in [-0.3, -0.25) is 4.79 Å². The molecule has 1 atom stereocenters. The van der Waals surface area contributed by atoms with E-state index in [1.54, 1.807) is 7.11 Å². The number of hydrogen-bond donors (Lipinski definition) is 0. The molecule has 0 radical (unpaired) electrons. The average molecular weight is 284 g/mol. The third kappa shape index (κ3) is 2.21. The Bertz CT molecular complexity index is 394. The molecule has 1 aromatic rings. The predicted octanol–water partition coefficient (Wildman–Crippen LogP) is 2.19. The quantitative estimate of drug-likeness (QED) is 0.796. The lowest BCUT2D eigenvalue weighted by Gasteiger charge is -2.17. The Labute approximate surface area is 104 Å². The number of para-hydroxylation sites is 1. The highest BCUT2D eigenvalue weighted by Gasteiger charge is 2.29. The monoisotopic (exact) mass is 283 g/mol. The zero-order valence-corrected chi connectivity index (χ0v) is 10.7. The fourth-order valence-electron chi connectivity index (χ4n) is 1.90. The number of nitrogens with zero attached hydrogens (tertiary/aromatic N) is 1. The van der Waals surface area contributed by atoms with E-state index in [9.17, 15) is 4.79 Å². The molecule has 1 amide bonds. The smallest absolute Gasteiger partial charge is 0.236 e. The molecular weight excluding hydrogens is 270 g/mol. The first kappa shape index (κ1) is 11.5. The molecule has 1 aliphatic heterocycles. The number of carbonyl (C=O) groups is 1. The van der Waals surface area contributed by atoms with Crippen LogP contribution in [0.2, 0.25) is 0 Å². The van der Waals surface area contributed by atoms with Crippen LogP contribution in [0.1, 0.15) is 12.0 Å². The van der Waals surface area contributed by atoms with E-state index in [1.807, 2.05) is 29.2 Å². The van der Waals surface area contributed by atoms with E-state index in [1.165, 1.54) is 0 Å². The lowest BCUT2D eigenvalue weighted by Crippen LogP contribution is -2.27. The number of amides is 1. The third-order valence-corrected chi connectivity index (χ3v) is 3.64. The third-order valence-electron chi connectivity index (χ3n) is 2.79. The van der Waals surface area contributed by atoms with Crippen molar-refractivity contribution in [1.29, 1.82) is 0 Å². The number of methoxy groups -OCH3 is 1. The fourth-order valence-corrected chi connectivity index (χ4v) is 2.39. The summed E-state index contributed by atoms with van der Waals surface area (Å²) in [5.41, 5.74) is 1.06. The molecule has 4 heteroatoms. The molecule has 2 rings (SSSR count). The van der Waals surface area contributed by atoms with Crippen LogP contribution in [-0.4, -0.2) is 29.3 Å². The summed E-state index contributed by atoms with van der Waals surface area (Å²) in [6.07, 6.45) is 0.883. The molecule has 16 heavy (non-hydrogen) atoms. The van der Waals surface area contributed by atoms with Gasteiger partial charge in [-0.05, 0) is 12.5 Å². The Morgan fingerprint density at radius 3 is 2.88 bits per heavy atom. The van der Waals surface area contributed by atoms with E-state index in [0.717, 1.165) is 24.3 Å². The van der Waals surface area contributed by atoms with Crippen LogP contribution in [0.4, 0.5) is 0 Å². The van der Waals surface area contributed by atoms with Gasteiger partial charge in [0.25, 0.3) is 0 Å². The van der Waals surface area contributed by atoms with Crippen LogP contribution in [0, 0.1) is 0 Å². The summed E-state index contributed by atoms with van der Waals surface area (Å²) in [7, 11) is 1.65. The van der Waals surface area contributed by atoms with Crippen LogP contribution in [-0.2, 0) is 11.3 Å². The molecule has 86 valence electrons. The molecule has 0 spiro atoms. The Morgan fingerprint density at radius 1 is 1.50 bits per heavy atom. The van der Waals surface area contributed by atoms with Gasteiger partial charge in [-0.15, -0.1) is 0 Å². The molecule has 1 fully saturated rings. The van der Waals surface area contributed by atoms with Gasteiger partial charge in [0.05, 0.1) is 11.9 Å². The van der Waals surface area contributed by atoms with E-state index in [2.05, 4.69) is 15.9 Å². The minimum Gasteiger partial charge on any atom is -0.496 e. The average Bonchev–Trinajstić information content (AvgIpc) is 2.62. The first-order chi connectivity index (χ1) is 7.72. The lowest BCUT2D eigenvalue weighted by atomic mass is 10.2. The minimum atomic E-state index is -0.0118. The van der Waals surface area contributed by atoms with E-state index >= 15 is 0 Å². The van der Waals surface area contributed by atoms with Gasteiger partial charge in [0, 0.05) is 18.7 Å². The molecule has 1 saturated heterocycles. The molecule has 0 saturated carbocycles. The SMILES string of the molecule is COc1ccccc1CN1CCC(Br)C1=O. The minimum absolute atomic E-state index is 0.0118. The Kier molecular flexibility index (Phi) is 3.49. The number of hydrogen-bond acceptors (Lipinski definition) is 2. The number of rotatable bonds is 3. The summed E-state index contributed by atoms with van der Waals surface area (Å²) in [6, 6.07) is 7.81. The zero-order valence-electron chi connectivity index (χ0n) is 9.15. The standard InChI is InChI=1S/C12H14BrNO2/c1-16-11-5-3-2-4-9(11)8-14-7-6-10(13)12(14)15/h2-5,10H,6-8H2,1H3. The van der Waals surface area contributed by atoms with Crippen LogP contribution >= 0.6 is 15.9 Å². The van der Waals surface area contributed by atoms with Crippen molar-refractivity contribution in [2.45, 2.75) is 17.8 Å². The summed E-state index contributed by atoms with van der Waals surface area (Å²) in [5, 5.41) is 0. The molecule has 1 aromatic carbocycles. The van der Waals surface area contributed by atoms with Crippen molar-refractivity contribution in [1.82, 2.24) is 4.90 Å². The number of halogens is 1. The van der Waals surface area contributed by atoms with E-state index in [4.69, 9.17) is 4.74 Å². The Balaban J connectivity index is 2.12. The second-order valence-corrected chi connectivity index (χ2v) is 4.93. The summed E-state index contributed by atoms with van der Waals surface area (Å²) in [5.74, 6) is 1.01. The van der Waals surface area contributed by atoms with Crippen LogP contribution < -0.4 is 4.74 Å². The topological polar surface area (TPSA) is 29.5 Å². The van der Waals surface area contributed by atoms with Crippen molar-refractivity contribution in [2.24, 2.45) is 0 Å². The highest BCUT2D eigenvalue weighted by atomic mass is 79.9. The van der Waals surface area contributed by atoms with Crippen molar-refractivity contribution < 1.29 is 9.53 Å².